The molecule has 0 aromatic rings. The van der Waals surface area contributed by atoms with Crippen LogP contribution in [0, 0.1) is 88.8 Å². The molecule has 0 heterocycles. The van der Waals surface area contributed by atoms with Gasteiger partial charge in [-0.25, -0.2) is 0 Å². The second-order valence-electron chi connectivity index (χ2n) is 15.2. The quantitative estimate of drug-likeness (QED) is 0.231. The maximum atomic E-state index is 2.42. The lowest BCUT2D eigenvalue weighted by Gasteiger charge is -2.34. The Morgan fingerprint density at radius 2 is 0.263 bits per heavy atom. The lowest BCUT2D eigenvalue weighted by molar-refractivity contribution is 0.150. The van der Waals surface area contributed by atoms with Crippen molar-refractivity contribution in [2.45, 2.75) is 159 Å². The zero-order valence-corrected chi connectivity index (χ0v) is 31.7. The topological polar surface area (TPSA) is 0 Å². The van der Waals surface area contributed by atoms with E-state index in [0.29, 0.717) is 0 Å². The fraction of sp³-hybridized carbons (Fsp3) is 1.00. The van der Waals surface area contributed by atoms with Crippen LogP contribution < -0.4 is 0 Å². The largest absolute Gasteiger partial charge is 0.0683 e. The fourth-order valence-corrected chi connectivity index (χ4v) is 5.11. The van der Waals surface area contributed by atoms with Crippen molar-refractivity contribution in [1.29, 1.82) is 0 Å². The molecule has 0 saturated carbocycles. The van der Waals surface area contributed by atoms with Crippen molar-refractivity contribution in [3.8, 4) is 0 Å². The molecule has 0 heteroatoms. The fourth-order valence-electron chi connectivity index (χ4n) is 5.11. The van der Waals surface area contributed by atoms with Gasteiger partial charge < -0.3 is 0 Å². The van der Waals surface area contributed by atoms with Gasteiger partial charge in [0.1, 0.15) is 0 Å². The highest BCUT2D eigenvalue weighted by atomic mass is 14.3. The van der Waals surface area contributed by atoms with Crippen LogP contribution in [0.2, 0.25) is 0 Å². The van der Waals surface area contributed by atoms with Gasteiger partial charge >= 0.3 is 0 Å². The Morgan fingerprint density at radius 1 is 0.158 bits per heavy atom. The summed E-state index contributed by atoms with van der Waals surface area (Å²) in [5, 5.41) is 0. The van der Waals surface area contributed by atoms with Crippen LogP contribution in [0.5, 0.6) is 0 Å². The van der Waals surface area contributed by atoms with Crippen molar-refractivity contribution in [2.24, 2.45) is 88.8 Å². The smallest absolute Gasteiger partial charge is 0.0386 e. The first-order valence-corrected chi connectivity index (χ1v) is 17.1. The van der Waals surface area contributed by atoms with Crippen LogP contribution in [0.4, 0.5) is 0 Å². The standard InChI is InChI=1S/2C14H30.C8H18.C2H6/c2*1-9(2)11(5)13(7)14(8)12(6)10(3)4;1-6(2)8(5)7(3)4;1-2/h2*9-14H,1-8H3;6-8H,1-5H3;1-2H3. The molecule has 8 unspecified atom stereocenters. The van der Waals surface area contributed by atoms with Crippen molar-refractivity contribution in [3.05, 3.63) is 0 Å². The van der Waals surface area contributed by atoms with Gasteiger partial charge in [-0.05, 0) is 88.8 Å². The van der Waals surface area contributed by atoms with E-state index in [0.717, 1.165) is 88.8 Å². The molecule has 0 aliphatic carbocycles. The van der Waals surface area contributed by atoms with E-state index >= 15 is 0 Å². The van der Waals surface area contributed by atoms with Gasteiger partial charge in [-0.15, -0.1) is 0 Å². The molecule has 0 nitrogen and oxygen atoms in total. The minimum absolute atomic E-state index is 0.812. The van der Waals surface area contributed by atoms with Crippen LogP contribution in [-0.4, -0.2) is 0 Å². The minimum atomic E-state index is 0.812. The lowest BCUT2D eigenvalue weighted by atomic mass is 9.72. The Morgan fingerprint density at radius 3 is 0.316 bits per heavy atom. The normalized spacial score (nSPS) is 18.2. The Labute approximate surface area is 247 Å². The molecular formula is C38H84. The summed E-state index contributed by atoms with van der Waals surface area (Å²) in [6.07, 6.45) is 0. The summed E-state index contributed by atoms with van der Waals surface area (Å²) in [5.74, 6) is 12.5. The van der Waals surface area contributed by atoms with Gasteiger partial charge in [0.15, 0.2) is 0 Å². The van der Waals surface area contributed by atoms with Gasteiger partial charge in [-0.1, -0.05) is 159 Å². The van der Waals surface area contributed by atoms with Gasteiger partial charge in [0.05, 0.1) is 0 Å². The van der Waals surface area contributed by atoms with E-state index in [2.05, 4.69) is 145 Å². The molecule has 0 aliphatic heterocycles. The summed E-state index contributed by atoms with van der Waals surface area (Å²) in [5.41, 5.74) is 0. The first-order chi connectivity index (χ1) is 17.1. The summed E-state index contributed by atoms with van der Waals surface area (Å²) < 4.78 is 0. The Hall–Kier alpha value is 0. The zero-order valence-electron chi connectivity index (χ0n) is 31.7. The number of hydrogen-bond acceptors (Lipinski definition) is 0. The van der Waals surface area contributed by atoms with Gasteiger partial charge in [0, 0.05) is 0 Å². The third kappa shape index (κ3) is 19.1. The van der Waals surface area contributed by atoms with E-state index in [1.165, 1.54) is 0 Å². The van der Waals surface area contributed by atoms with Gasteiger partial charge in [0.2, 0.25) is 0 Å². The molecule has 0 amide bonds. The molecule has 0 bridgehead atoms. The van der Waals surface area contributed by atoms with E-state index in [1.54, 1.807) is 0 Å². The molecule has 236 valence electrons. The summed E-state index contributed by atoms with van der Waals surface area (Å²) >= 11 is 0. The van der Waals surface area contributed by atoms with Crippen molar-refractivity contribution >= 4 is 0 Å². The van der Waals surface area contributed by atoms with Gasteiger partial charge in [-0.2, -0.15) is 0 Å². The lowest BCUT2D eigenvalue weighted by Crippen LogP contribution is -2.27. The number of rotatable bonds is 12. The van der Waals surface area contributed by atoms with Gasteiger partial charge in [0.25, 0.3) is 0 Å². The molecule has 0 saturated heterocycles. The van der Waals surface area contributed by atoms with Crippen LogP contribution in [0.15, 0.2) is 0 Å². The van der Waals surface area contributed by atoms with Crippen molar-refractivity contribution in [2.75, 3.05) is 0 Å². The second-order valence-corrected chi connectivity index (χ2v) is 15.2. The maximum Gasteiger partial charge on any atom is -0.0386 e. The zero-order chi connectivity index (χ0) is 31.7. The molecule has 0 aromatic carbocycles. The molecule has 0 radical (unpaired) electrons. The highest BCUT2D eigenvalue weighted by Crippen LogP contribution is 2.35. The van der Waals surface area contributed by atoms with E-state index in [-0.39, 0.29) is 0 Å². The van der Waals surface area contributed by atoms with Crippen molar-refractivity contribution in [3.63, 3.8) is 0 Å². The predicted molar refractivity (Wildman–Crippen MR) is 183 cm³/mol. The van der Waals surface area contributed by atoms with Crippen LogP contribution in [0.1, 0.15) is 159 Å². The molecule has 0 fully saturated rings. The Balaban J connectivity index is -0.000000229. The molecule has 38 heavy (non-hydrogen) atoms. The van der Waals surface area contributed by atoms with Crippen LogP contribution >= 0.6 is 0 Å². The maximum absolute atomic E-state index is 2.42. The molecule has 0 aromatic heterocycles. The Kier molecular flexibility index (Phi) is 28.0. The average Bonchev–Trinajstić information content (AvgIpc) is 2.85. The van der Waals surface area contributed by atoms with E-state index < -0.39 is 0 Å². The number of hydrogen-bond donors (Lipinski definition) is 0. The first kappa shape index (κ1) is 45.0. The monoisotopic (exact) mass is 541 g/mol. The van der Waals surface area contributed by atoms with Crippen LogP contribution in [0.25, 0.3) is 0 Å². The second kappa shape index (κ2) is 23.7. The van der Waals surface area contributed by atoms with Crippen LogP contribution in [-0.2, 0) is 0 Å². The molecule has 0 aliphatic rings. The summed E-state index contributed by atoms with van der Waals surface area (Å²) in [7, 11) is 0. The highest BCUT2D eigenvalue weighted by Gasteiger charge is 2.27. The van der Waals surface area contributed by atoms with Gasteiger partial charge in [-0.3, -0.25) is 0 Å². The highest BCUT2D eigenvalue weighted by molar-refractivity contribution is 4.76. The molecule has 0 rings (SSSR count). The minimum Gasteiger partial charge on any atom is -0.0683 e. The first-order valence-electron chi connectivity index (χ1n) is 17.1. The van der Waals surface area contributed by atoms with Crippen molar-refractivity contribution < 1.29 is 0 Å². The average molecular weight is 541 g/mol. The van der Waals surface area contributed by atoms with Crippen molar-refractivity contribution in [1.82, 2.24) is 0 Å². The van der Waals surface area contributed by atoms with Crippen LogP contribution in [0.3, 0.4) is 0 Å². The predicted octanol–water partition coefficient (Wildman–Crippen LogP) is 13.6. The third-order valence-corrected chi connectivity index (χ3v) is 11.3. The Bertz CT molecular complexity index is 402. The SMILES string of the molecule is CC.CC(C)C(C)C(C)C.CC(C)C(C)C(C)C(C)C(C)C(C)C.CC(C)C(C)C(C)C(C)C(C)C(C)C. The molecule has 0 spiro atoms. The summed E-state index contributed by atoms with van der Waals surface area (Å²) in [4.78, 5) is 0. The molecule has 0 N–H and O–H groups in total. The van der Waals surface area contributed by atoms with E-state index in [9.17, 15) is 0 Å². The summed E-state index contributed by atoms with van der Waals surface area (Å²) in [6.45, 7) is 53.5. The van der Waals surface area contributed by atoms with E-state index in [1.807, 2.05) is 13.8 Å². The summed E-state index contributed by atoms with van der Waals surface area (Å²) in [6, 6.07) is 0. The third-order valence-electron chi connectivity index (χ3n) is 11.3. The molecular weight excluding hydrogens is 456 g/mol. The molecule has 8 atom stereocenters. The van der Waals surface area contributed by atoms with E-state index in [4.69, 9.17) is 0 Å².